The third kappa shape index (κ3) is 12.3. The predicted molar refractivity (Wildman–Crippen MR) is 130 cm³/mol. The van der Waals surface area contributed by atoms with E-state index in [9.17, 15) is 9.46 Å². The van der Waals surface area contributed by atoms with Gasteiger partial charge in [-0.05, 0) is 67.8 Å². The molecule has 0 saturated heterocycles. The number of methoxy groups -OCH3 is 1. The van der Waals surface area contributed by atoms with Gasteiger partial charge in [0.2, 0.25) is 0 Å². The Hall–Kier alpha value is -2.29. The molecule has 0 aromatic heterocycles. The Bertz CT molecular complexity index is 914. The molecule has 0 saturated carbocycles. The molecule has 0 spiro atoms. The average Bonchev–Trinajstić information content (AvgIpc) is 2.79. The van der Waals surface area contributed by atoms with Crippen molar-refractivity contribution in [3.8, 4) is 11.5 Å². The molecule has 0 heterocycles. The predicted octanol–water partition coefficient (Wildman–Crippen LogP) is 5.26. The van der Waals surface area contributed by atoms with Crippen LogP contribution >= 0.6 is 7.82 Å². The molecule has 0 amide bonds. The number of rotatable bonds is 16. The third-order valence-electron chi connectivity index (χ3n) is 4.76. The van der Waals surface area contributed by atoms with E-state index in [2.05, 4.69) is 10.2 Å². The van der Waals surface area contributed by atoms with Crippen LogP contribution in [0.4, 0.5) is 11.4 Å². The summed E-state index contributed by atoms with van der Waals surface area (Å²) in [5, 5.41) is 8.42. The molecule has 188 valence electrons. The molecule has 2 aromatic carbocycles. The van der Waals surface area contributed by atoms with Crippen LogP contribution in [0.1, 0.15) is 25.7 Å². The van der Waals surface area contributed by atoms with Crippen LogP contribution in [0.15, 0.2) is 58.8 Å². The van der Waals surface area contributed by atoms with Crippen LogP contribution in [0.5, 0.6) is 11.5 Å². The van der Waals surface area contributed by atoms with Crippen LogP contribution in [0.25, 0.3) is 0 Å². The molecule has 0 radical (unpaired) electrons. The number of likely N-dealkylation sites (N-methyl/N-ethyl adjacent to an activating group) is 1. The zero-order valence-corrected chi connectivity index (χ0v) is 21.4. The molecule has 2 rings (SSSR count). The fraction of sp³-hybridized carbons (Fsp3) is 0.500. The van der Waals surface area contributed by atoms with Gasteiger partial charge in [-0.2, -0.15) is 10.2 Å². The number of quaternary nitrogens is 1. The Morgan fingerprint density at radius 3 is 1.79 bits per heavy atom. The molecule has 0 fully saturated rings. The number of unbranched alkanes of at least 4 members (excludes halogenated alkanes) is 3. The van der Waals surface area contributed by atoms with E-state index in [-0.39, 0.29) is 13.2 Å². The van der Waals surface area contributed by atoms with Crippen molar-refractivity contribution in [1.29, 1.82) is 0 Å². The van der Waals surface area contributed by atoms with Gasteiger partial charge in [-0.1, -0.05) is 6.42 Å². The third-order valence-corrected chi connectivity index (χ3v) is 5.76. The van der Waals surface area contributed by atoms with Gasteiger partial charge < -0.3 is 27.9 Å². The van der Waals surface area contributed by atoms with E-state index >= 15 is 0 Å². The SMILES string of the molecule is COc1ccc(N=Nc2ccc(OCCCCCCOP(=O)([O-])OCC[N+](C)(C)C)cc2)cc1. The Morgan fingerprint density at radius 1 is 0.765 bits per heavy atom. The highest BCUT2D eigenvalue weighted by Crippen LogP contribution is 2.38. The fourth-order valence-electron chi connectivity index (χ4n) is 2.76. The van der Waals surface area contributed by atoms with E-state index in [1.165, 1.54) is 0 Å². The zero-order chi connectivity index (χ0) is 24.9. The molecule has 10 heteroatoms. The van der Waals surface area contributed by atoms with Gasteiger partial charge >= 0.3 is 0 Å². The van der Waals surface area contributed by atoms with Crippen LogP contribution in [-0.2, 0) is 13.6 Å². The minimum absolute atomic E-state index is 0.119. The van der Waals surface area contributed by atoms with Gasteiger partial charge in [0, 0.05) is 0 Å². The van der Waals surface area contributed by atoms with Gasteiger partial charge in [-0.25, -0.2) is 0 Å². The number of phosphoric ester groups is 1. The number of azo groups is 1. The second-order valence-corrected chi connectivity index (χ2v) is 10.2. The van der Waals surface area contributed by atoms with Crippen molar-refractivity contribution in [1.82, 2.24) is 0 Å². The Labute approximate surface area is 202 Å². The lowest BCUT2D eigenvalue weighted by atomic mass is 10.2. The average molecular weight is 494 g/mol. The highest BCUT2D eigenvalue weighted by atomic mass is 31.2. The molecular formula is C24H36N3O6P. The van der Waals surface area contributed by atoms with Crippen molar-refractivity contribution >= 4 is 19.2 Å². The highest BCUT2D eigenvalue weighted by Gasteiger charge is 2.13. The van der Waals surface area contributed by atoms with Crippen LogP contribution in [-0.4, -0.2) is 59.1 Å². The molecule has 34 heavy (non-hydrogen) atoms. The van der Waals surface area contributed by atoms with E-state index in [1.54, 1.807) is 7.11 Å². The smallest absolute Gasteiger partial charge is 0.268 e. The minimum atomic E-state index is -4.21. The second kappa shape index (κ2) is 14.2. The van der Waals surface area contributed by atoms with E-state index in [0.717, 1.165) is 42.1 Å². The Kier molecular flexibility index (Phi) is 11.7. The summed E-state index contributed by atoms with van der Waals surface area (Å²) in [4.78, 5) is 11.7. The molecule has 0 aliphatic heterocycles. The standard InChI is InChI=1S/C24H36N3O6P/c1-27(2,3)17-20-33-34(28,29)32-19-8-6-5-7-18-31-24-15-11-22(12-16-24)26-25-21-9-13-23(30-4)14-10-21/h9-16H,5-8,17-20H2,1-4H3. The highest BCUT2D eigenvalue weighted by molar-refractivity contribution is 7.45. The lowest BCUT2D eigenvalue weighted by Crippen LogP contribution is -2.37. The summed E-state index contributed by atoms with van der Waals surface area (Å²) in [6, 6.07) is 14.8. The van der Waals surface area contributed by atoms with E-state index in [4.69, 9.17) is 18.5 Å². The van der Waals surface area contributed by atoms with Crippen molar-refractivity contribution in [3.63, 3.8) is 0 Å². The monoisotopic (exact) mass is 493 g/mol. The summed E-state index contributed by atoms with van der Waals surface area (Å²) in [7, 11) is 3.31. The van der Waals surface area contributed by atoms with Gasteiger partial charge in [-0.15, -0.1) is 0 Å². The molecule has 0 aliphatic rings. The van der Waals surface area contributed by atoms with Crippen molar-refractivity contribution in [2.24, 2.45) is 10.2 Å². The normalized spacial score (nSPS) is 13.7. The maximum Gasteiger partial charge on any atom is 0.268 e. The number of hydrogen-bond acceptors (Lipinski definition) is 8. The molecule has 9 nitrogen and oxygen atoms in total. The maximum absolute atomic E-state index is 11.7. The van der Waals surface area contributed by atoms with Crippen molar-refractivity contribution < 1.29 is 32.5 Å². The maximum atomic E-state index is 11.7. The van der Waals surface area contributed by atoms with Crippen LogP contribution in [0.3, 0.4) is 0 Å². The van der Waals surface area contributed by atoms with Gasteiger partial charge in [0.1, 0.15) is 24.7 Å². The van der Waals surface area contributed by atoms with Crippen LogP contribution in [0, 0.1) is 0 Å². The van der Waals surface area contributed by atoms with Gasteiger partial charge in [-0.3, -0.25) is 4.57 Å². The molecule has 0 aliphatic carbocycles. The van der Waals surface area contributed by atoms with E-state index in [1.807, 2.05) is 69.7 Å². The number of ether oxygens (including phenoxy) is 2. The topological polar surface area (TPSA) is 102 Å². The lowest BCUT2D eigenvalue weighted by molar-refractivity contribution is -0.870. The molecule has 0 bridgehead atoms. The molecular weight excluding hydrogens is 457 g/mol. The number of nitrogens with zero attached hydrogens (tertiary/aromatic N) is 3. The summed E-state index contributed by atoms with van der Waals surface area (Å²) >= 11 is 0. The van der Waals surface area contributed by atoms with Gasteiger partial charge in [0.25, 0.3) is 7.82 Å². The first-order chi connectivity index (χ1) is 16.2. The first-order valence-electron chi connectivity index (χ1n) is 11.4. The zero-order valence-electron chi connectivity index (χ0n) is 20.5. The summed E-state index contributed by atoms with van der Waals surface area (Å²) in [6.45, 7) is 1.43. The summed E-state index contributed by atoms with van der Waals surface area (Å²) in [5.41, 5.74) is 1.48. The molecule has 1 atom stereocenters. The van der Waals surface area contributed by atoms with E-state index in [0.29, 0.717) is 24.1 Å². The minimum Gasteiger partial charge on any atom is -0.756 e. The Morgan fingerprint density at radius 2 is 1.26 bits per heavy atom. The largest absolute Gasteiger partial charge is 0.756 e. The van der Waals surface area contributed by atoms with Crippen molar-refractivity contribution in [3.05, 3.63) is 48.5 Å². The van der Waals surface area contributed by atoms with Gasteiger partial charge in [0.05, 0.1) is 52.8 Å². The van der Waals surface area contributed by atoms with Crippen molar-refractivity contribution in [2.75, 3.05) is 54.6 Å². The molecule has 1 unspecified atom stereocenters. The quantitative estimate of drug-likeness (QED) is 0.137. The molecule has 2 aromatic rings. The summed E-state index contributed by atoms with van der Waals surface area (Å²) in [6.07, 6.45) is 3.29. The van der Waals surface area contributed by atoms with Crippen molar-refractivity contribution in [2.45, 2.75) is 25.7 Å². The number of benzene rings is 2. The number of hydrogen-bond donors (Lipinski definition) is 0. The second-order valence-electron chi connectivity index (χ2n) is 8.78. The first-order valence-corrected chi connectivity index (χ1v) is 12.8. The summed E-state index contributed by atoms with van der Waals surface area (Å²) < 4.78 is 33.0. The van der Waals surface area contributed by atoms with Crippen LogP contribution < -0.4 is 14.4 Å². The van der Waals surface area contributed by atoms with Crippen LogP contribution in [0.2, 0.25) is 0 Å². The summed E-state index contributed by atoms with van der Waals surface area (Å²) in [5.74, 6) is 1.54. The Balaban J connectivity index is 1.55. The fourth-order valence-corrected chi connectivity index (χ4v) is 3.49. The van der Waals surface area contributed by atoms with Gasteiger partial charge in [0.15, 0.2) is 0 Å². The van der Waals surface area contributed by atoms with E-state index < -0.39 is 7.82 Å². The lowest BCUT2D eigenvalue weighted by Gasteiger charge is -2.27. The number of phosphoric acid groups is 1. The first kappa shape index (κ1) is 28.0. The molecule has 0 N–H and O–H groups in total.